The molecule has 1 heterocycles. The molecule has 0 bridgehead atoms. The number of rotatable bonds is 2. The van der Waals surface area contributed by atoms with Gasteiger partial charge in [0.05, 0.1) is 10.7 Å². The van der Waals surface area contributed by atoms with E-state index in [2.05, 4.69) is 23.6 Å². The zero-order valence-corrected chi connectivity index (χ0v) is 9.63. The fourth-order valence-corrected chi connectivity index (χ4v) is 2.35. The average molecular weight is 222 g/mol. The molecule has 1 aliphatic rings. The van der Waals surface area contributed by atoms with Crippen molar-refractivity contribution in [3.8, 4) is 0 Å². The Balaban J connectivity index is 2.23. The van der Waals surface area contributed by atoms with E-state index in [-0.39, 0.29) is 0 Å². The summed E-state index contributed by atoms with van der Waals surface area (Å²) >= 11 is 6.25. The molecule has 1 aromatic rings. The second kappa shape index (κ2) is 4.71. The lowest BCUT2D eigenvalue weighted by Crippen LogP contribution is -2.29. The third-order valence-electron chi connectivity index (χ3n) is 2.90. The van der Waals surface area contributed by atoms with Crippen LogP contribution in [0.25, 0.3) is 6.08 Å². The minimum absolute atomic E-state index is 0.842. The van der Waals surface area contributed by atoms with Crippen LogP contribution in [0, 0.1) is 0 Å². The van der Waals surface area contributed by atoms with E-state index in [0.717, 1.165) is 23.7 Å². The van der Waals surface area contributed by atoms with E-state index in [1.54, 1.807) is 0 Å². The van der Waals surface area contributed by atoms with Crippen LogP contribution in [0.3, 0.4) is 0 Å². The Morgan fingerprint density at radius 2 is 1.93 bits per heavy atom. The summed E-state index contributed by atoms with van der Waals surface area (Å²) in [6.07, 6.45) is 5.73. The predicted octanol–water partition coefficient (Wildman–Crippen LogP) is 3.97. The monoisotopic (exact) mass is 221 g/mol. The SMILES string of the molecule is C=Cc1ccc(N2CCCCC2)c(Cl)c1. The molecule has 0 aliphatic carbocycles. The van der Waals surface area contributed by atoms with Gasteiger partial charge in [0.1, 0.15) is 0 Å². The topological polar surface area (TPSA) is 3.24 Å². The van der Waals surface area contributed by atoms with Crippen LogP contribution in [0.15, 0.2) is 24.8 Å². The van der Waals surface area contributed by atoms with Gasteiger partial charge in [-0.25, -0.2) is 0 Å². The Morgan fingerprint density at radius 3 is 2.53 bits per heavy atom. The van der Waals surface area contributed by atoms with Crippen LogP contribution in [0.2, 0.25) is 5.02 Å². The molecule has 0 atom stereocenters. The normalized spacial score (nSPS) is 16.5. The average Bonchev–Trinajstić information content (AvgIpc) is 2.30. The molecular formula is C13H16ClN. The number of hydrogen-bond donors (Lipinski definition) is 0. The molecule has 1 nitrogen and oxygen atoms in total. The number of benzene rings is 1. The highest BCUT2D eigenvalue weighted by atomic mass is 35.5. The molecule has 1 aliphatic heterocycles. The zero-order chi connectivity index (χ0) is 10.7. The number of nitrogens with zero attached hydrogens (tertiary/aromatic N) is 1. The fraction of sp³-hybridized carbons (Fsp3) is 0.385. The van der Waals surface area contributed by atoms with Gasteiger partial charge in [0.2, 0.25) is 0 Å². The molecule has 0 N–H and O–H groups in total. The van der Waals surface area contributed by atoms with Crippen molar-refractivity contribution in [2.75, 3.05) is 18.0 Å². The highest BCUT2D eigenvalue weighted by molar-refractivity contribution is 6.33. The maximum atomic E-state index is 6.25. The van der Waals surface area contributed by atoms with Crippen LogP contribution in [0.1, 0.15) is 24.8 Å². The van der Waals surface area contributed by atoms with E-state index in [4.69, 9.17) is 11.6 Å². The first kappa shape index (κ1) is 10.6. The maximum absolute atomic E-state index is 6.25. The summed E-state index contributed by atoms with van der Waals surface area (Å²) in [7, 11) is 0. The van der Waals surface area contributed by atoms with Crippen LogP contribution in [-0.2, 0) is 0 Å². The Labute approximate surface area is 96.4 Å². The van der Waals surface area contributed by atoms with Crippen LogP contribution in [-0.4, -0.2) is 13.1 Å². The van der Waals surface area contributed by atoms with E-state index < -0.39 is 0 Å². The number of hydrogen-bond acceptors (Lipinski definition) is 1. The summed E-state index contributed by atoms with van der Waals surface area (Å²) in [6.45, 7) is 6.01. The summed E-state index contributed by atoms with van der Waals surface area (Å²) in [6, 6.07) is 6.16. The first-order chi connectivity index (χ1) is 7.31. The third-order valence-corrected chi connectivity index (χ3v) is 3.21. The van der Waals surface area contributed by atoms with Crippen molar-refractivity contribution in [3.63, 3.8) is 0 Å². The number of piperidine rings is 1. The molecule has 0 radical (unpaired) electrons. The molecule has 0 amide bonds. The molecule has 0 spiro atoms. The van der Waals surface area contributed by atoms with E-state index in [9.17, 15) is 0 Å². The maximum Gasteiger partial charge on any atom is 0.0645 e. The first-order valence-corrected chi connectivity index (χ1v) is 5.86. The molecular weight excluding hydrogens is 206 g/mol. The Kier molecular flexibility index (Phi) is 3.32. The molecule has 1 saturated heterocycles. The van der Waals surface area contributed by atoms with E-state index in [1.165, 1.54) is 24.9 Å². The first-order valence-electron chi connectivity index (χ1n) is 5.48. The summed E-state index contributed by atoms with van der Waals surface area (Å²) in [5, 5.41) is 0.842. The zero-order valence-electron chi connectivity index (χ0n) is 8.88. The van der Waals surface area contributed by atoms with Crippen LogP contribution >= 0.6 is 11.6 Å². The molecule has 1 fully saturated rings. The van der Waals surface area contributed by atoms with Crippen LogP contribution in [0.4, 0.5) is 5.69 Å². The van der Waals surface area contributed by atoms with Crippen molar-refractivity contribution in [3.05, 3.63) is 35.4 Å². The summed E-state index contributed by atoms with van der Waals surface area (Å²) in [5.41, 5.74) is 2.25. The van der Waals surface area contributed by atoms with Crippen molar-refractivity contribution in [1.82, 2.24) is 0 Å². The van der Waals surface area contributed by atoms with Gasteiger partial charge in [-0.05, 0) is 37.0 Å². The van der Waals surface area contributed by atoms with E-state index in [0.29, 0.717) is 0 Å². The molecule has 2 heteroatoms. The molecule has 2 rings (SSSR count). The van der Waals surface area contributed by atoms with Gasteiger partial charge in [0, 0.05) is 13.1 Å². The number of anilines is 1. The summed E-state index contributed by atoms with van der Waals surface area (Å²) in [5.74, 6) is 0. The minimum Gasteiger partial charge on any atom is -0.370 e. The molecule has 1 aromatic carbocycles. The Bertz CT molecular complexity index is 354. The number of halogens is 1. The Hall–Kier alpha value is -0.950. The van der Waals surface area contributed by atoms with Crippen molar-refractivity contribution >= 4 is 23.4 Å². The van der Waals surface area contributed by atoms with Gasteiger partial charge in [0.15, 0.2) is 0 Å². The van der Waals surface area contributed by atoms with Gasteiger partial charge in [-0.1, -0.05) is 30.3 Å². The van der Waals surface area contributed by atoms with Crippen molar-refractivity contribution in [2.24, 2.45) is 0 Å². The third kappa shape index (κ3) is 2.35. The van der Waals surface area contributed by atoms with E-state index >= 15 is 0 Å². The molecule has 0 unspecified atom stereocenters. The molecule has 80 valence electrons. The summed E-state index contributed by atoms with van der Waals surface area (Å²) < 4.78 is 0. The minimum atomic E-state index is 0.842. The highest BCUT2D eigenvalue weighted by Gasteiger charge is 2.13. The van der Waals surface area contributed by atoms with Crippen LogP contribution in [0.5, 0.6) is 0 Å². The van der Waals surface area contributed by atoms with Gasteiger partial charge in [-0.15, -0.1) is 0 Å². The fourth-order valence-electron chi connectivity index (χ4n) is 2.04. The molecule has 0 aromatic heterocycles. The van der Waals surface area contributed by atoms with Gasteiger partial charge in [0.25, 0.3) is 0 Å². The predicted molar refractivity (Wildman–Crippen MR) is 67.6 cm³/mol. The highest BCUT2D eigenvalue weighted by Crippen LogP contribution is 2.29. The quantitative estimate of drug-likeness (QED) is 0.731. The van der Waals surface area contributed by atoms with Crippen LogP contribution < -0.4 is 4.90 Å². The lowest BCUT2D eigenvalue weighted by atomic mass is 10.1. The van der Waals surface area contributed by atoms with Gasteiger partial charge < -0.3 is 4.90 Å². The van der Waals surface area contributed by atoms with Gasteiger partial charge in [-0.2, -0.15) is 0 Å². The standard InChI is InChI=1S/C13H16ClN/c1-2-11-6-7-13(12(14)10-11)15-8-4-3-5-9-15/h2,6-7,10H,1,3-5,8-9H2. The van der Waals surface area contributed by atoms with Gasteiger partial charge in [-0.3, -0.25) is 0 Å². The lowest BCUT2D eigenvalue weighted by Gasteiger charge is -2.29. The molecule has 15 heavy (non-hydrogen) atoms. The van der Waals surface area contributed by atoms with Crippen molar-refractivity contribution < 1.29 is 0 Å². The molecule has 0 saturated carbocycles. The smallest absolute Gasteiger partial charge is 0.0645 e. The second-order valence-electron chi connectivity index (χ2n) is 3.96. The largest absolute Gasteiger partial charge is 0.370 e. The summed E-state index contributed by atoms with van der Waals surface area (Å²) in [4.78, 5) is 2.37. The second-order valence-corrected chi connectivity index (χ2v) is 4.37. The van der Waals surface area contributed by atoms with Gasteiger partial charge >= 0.3 is 0 Å². The van der Waals surface area contributed by atoms with Crippen molar-refractivity contribution in [1.29, 1.82) is 0 Å². The lowest BCUT2D eigenvalue weighted by molar-refractivity contribution is 0.578. The van der Waals surface area contributed by atoms with E-state index in [1.807, 2.05) is 12.1 Å². The Morgan fingerprint density at radius 1 is 1.20 bits per heavy atom. The van der Waals surface area contributed by atoms with Crippen molar-refractivity contribution in [2.45, 2.75) is 19.3 Å².